The number of hydrogen-bond donors (Lipinski definition) is 1. The van der Waals surface area contributed by atoms with E-state index in [-0.39, 0.29) is 19.4 Å². The number of halogens is 2. The molecule has 1 saturated heterocycles. The first-order chi connectivity index (χ1) is 8.83. The standard InChI is InChI=1S/C13H19F2NO4/c1-10(2,3)20-9(19)16-7-12(6-13(12,14)15)5-11(16,4)8(17)18/h5-7H2,1-4H3,(H,17,18)/t11-,12?/m0/s1. The van der Waals surface area contributed by atoms with Crippen LogP contribution in [-0.4, -0.2) is 45.7 Å². The number of hydrogen-bond acceptors (Lipinski definition) is 3. The lowest BCUT2D eigenvalue weighted by Crippen LogP contribution is -2.52. The van der Waals surface area contributed by atoms with Gasteiger partial charge in [0.15, 0.2) is 0 Å². The van der Waals surface area contributed by atoms with Crippen LogP contribution in [0.5, 0.6) is 0 Å². The molecule has 1 amide bonds. The molecule has 1 heterocycles. The Labute approximate surface area is 115 Å². The maximum atomic E-state index is 13.5. The van der Waals surface area contributed by atoms with Gasteiger partial charge in [-0.2, -0.15) is 0 Å². The van der Waals surface area contributed by atoms with Gasteiger partial charge in [-0.3, -0.25) is 4.90 Å². The fraction of sp³-hybridized carbons (Fsp3) is 0.846. The molecule has 0 aromatic heterocycles. The summed E-state index contributed by atoms with van der Waals surface area (Å²) in [6.07, 6.45) is -1.48. The van der Waals surface area contributed by atoms with E-state index in [0.717, 1.165) is 4.90 Å². The molecule has 1 aliphatic carbocycles. The van der Waals surface area contributed by atoms with Crippen LogP contribution in [-0.2, 0) is 9.53 Å². The second-order valence-electron chi connectivity index (χ2n) is 6.98. The molecule has 0 aromatic rings. The van der Waals surface area contributed by atoms with Crippen molar-refractivity contribution in [1.29, 1.82) is 0 Å². The van der Waals surface area contributed by atoms with Crippen LogP contribution in [0.2, 0.25) is 0 Å². The highest BCUT2D eigenvalue weighted by Gasteiger charge is 2.78. The molecule has 20 heavy (non-hydrogen) atoms. The lowest BCUT2D eigenvalue weighted by Gasteiger charge is -2.32. The van der Waals surface area contributed by atoms with Gasteiger partial charge in [0.2, 0.25) is 0 Å². The highest BCUT2D eigenvalue weighted by atomic mass is 19.3. The van der Waals surface area contributed by atoms with Gasteiger partial charge >= 0.3 is 12.1 Å². The molecule has 0 bridgehead atoms. The Hall–Kier alpha value is -1.40. The minimum Gasteiger partial charge on any atom is -0.480 e. The second kappa shape index (κ2) is 3.83. The topological polar surface area (TPSA) is 66.8 Å². The van der Waals surface area contributed by atoms with Gasteiger partial charge in [0.25, 0.3) is 5.92 Å². The third-order valence-corrected chi connectivity index (χ3v) is 4.03. The number of aliphatic carboxylic acids is 1. The fourth-order valence-corrected chi connectivity index (χ4v) is 2.81. The average molecular weight is 291 g/mol. The number of alkyl halides is 2. The molecule has 1 N–H and O–H groups in total. The molecular weight excluding hydrogens is 272 g/mol. The monoisotopic (exact) mass is 291 g/mol. The van der Waals surface area contributed by atoms with Crippen molar-refractivity contribution in [2.24, 2.45) is 5.41 Å². The molecule has 0 radical (unpaired) electrons. The van der Waals surface area contributed by atoms with Crippen molar-refractivity contribution >= 4 is 12.1 Å². The molecule has 1 spiro atoms. The van der Waals surface area contributed by atoms with Crippen molar-refractivity contribution in [2.45, 2.75) is 57.6 Å². The maximum absolute atomic E-state index is 13.5. The third kappa shape index (κ3) is 2.13. The summed E-state index contributed by atoms with van der Waals surface area (Å²) >= 11 is 0. The highest BCUT2D eigenvalue weighted by Crippen LogP contribution is 2.68. The van der Waals surface area contributed by atoms with Gasteiger partial charge in [0, 0.05) is 13.0 Å². The van der Waals surface area contributed by atoms with E-state index in [4.69, 9.17) is 4.74 Å². The molecule has 2 atom stereocenters. The van der Waals surface area contributed by atoms with Crippen molar-refractivity contribution in [1.82, 2.24) is 4.90 Å². The van der Waals surface area contributed by atoms with E-state index < -0.39 is 34.5 Å². The zero-order chi connectivity index (χ0) is 15.6. The molecule has 0 aromatic carbocycles. The molecule has 5 nitrogen and oxygen atoms in total. The number of carbonyl (C=O) groups is 2. The van der Waals surface area contributed by atoms with E-state index in [9.17, 15) is 23.5 Å². The van der Waals surface area contributed by atoms with Gasteiger partial charge in [-0.1, -0.05) is 0 Å². The Morgan fingerprint density at radius 1 is 1.25 bits per heavy atom. The number of carboxylic acid groups (broad SMARTS) is 1. The summed E-state index contributed by atoms with van der Waals surface area (Å²) in [6, 6.07) is 0. The number of likely N-dealkylation sites (tertiary alicyclic amines) is 1. The van der Waals surface area contributed by atoms with Gasteiger partial charge < -0.3 is 9.84 Å². The van der Waals surface area contributed by atoms with Crippen LogP contribution in [0.3, 0.4) is 0 Å². The molecule has 1 aliphatic heterocycles. The number of amides is 1. The Morgan fingerprint density at radius 3 is 2.10 bits per heavy atom. The quantitative estimate of drug-likeness (QED) is 0.806. The van der Waals surface area contributed by atoms with Crippen LogP contribution in [0, 0.1) is 5.41 Å². The summed E-state index contributed by atoms with van der Waals surface area (Å²) < 4.78 is 32.1. The molecule has 1 saturated carbocycles. The average Bonchev–Trinajstić information content (AvgIpc) is 2.59. The van der Waals surface area contributed by atoms with Gasteiger partial charge in [-0.05, 0) is 34.1 Å². The van der Waals surface area contributed by atoms with Crippen molar-refractivity contribution in [3.05, 3.63) is 0 Å². The predicted molar refractivity (Wildman–Crippen MR) is 65.6 cm³/mol. The van der Waals surface area contributed by atoms with Crippen LogP contribution in [0.25, 0.3) is 0 Å². The summed E-state index contributed by atoms with van der Waals surface area (Å²) in [7, 11) is 0. The minimum absolute atomic E-state index is 0.248. The first kappa shape index (κ1) is 15.0. The van der Waals surface area contributed by atoms with Crippen LogP contribution in [0.1, 0.15) is 40.5 Å². The number of ether oxygens (including phenoxy) is 1. The first-order valence-electron chi connectivity index (χ1n) is 6.45. The largest absolute Gasteiger partial charge is 0.480 e. The molecule has 114 valence electrons. The Bertz CT molecular complexity index is 473. The summed E-state index contributed by atoms with van der Waals surface area (Å²) in [6.45, 7) is 5.93. The van der Waals surface area contributed by atoms with Crippen molar-refractivity contribution in [2.75, 3.05) is 6.54 Å². The van der Waals surface area contributed by atoms with E-state index >= 15 is 0 Å². The van der Waals surface area contributed by atoms with Crippen molar-refractivity contribution in [3.63, 3.8) is 0 Å². The van der Waals surface area contributed by atoms with Crippen molar-refractivity contribution in [3.8, 4) is 0 Å². The summed E-state index contributed by atoms with van der Waals surface area (Å²) in [5.74, 6) is -4.19. The number of carbonyl (C=O) groups excluding carboxylic acids is 1. The minimum atomic E-state index is -2.90. The Balaban J connectivity index is 2.27. The SMILES string of the molecule is CC(C)(C)OC(=O)N1CC2(CC2(F)F)C[C@@]1(C)C(=O)O. The Kier molecular flexibility index (Phi) is 2.87. The van der Waals surface area contributed by atoms with Crippen molar-refractivity contribution < 1.29 is 28.2 Å². The lowest BCUT2D eigenvalue weighted by atomic mass is 9.92. The number of rotatable bonds is 1. The third-order valence-electron chi connectivity index (χ3n) is 4.03. The number of carboxylic acids is 1. The Morgan fingerprint density at radius 2 is 1.75 bits per heavy atom. The van der Waals surface area contributed by atoms with Crippen LogP contribution < -0.4 is 0 Å². The first-order valence-corrected chi connectivity index (χ1v) is 6.45. The van der Waals surface area contributed by atoms with Gasteiger partial charge in [-0.15, -0.1) is 0 Å². The molecule has 1 unspecified atom stereocenters. The summed E-state index contributed by atoms with van der Waals surface area (Å²) in [4.78, 5) is 24.5. The fourth-order valence-electron chi connectivity index (χ4n) is 2.81. The zero-order valence-electron chi connectivity index (χ0n) is 12.0. The molecule has 7 heteroatoms. The normalized spacial score (nSPS) is 35.2. The van der Waals surface area contributed by atoms with E-state index in [2.05, 4.69) is 0 Å². The number of nitrogens with zero attached hydrogens (tertiary/aromatic N) is 1. The van der Waals surface area contributed by atoms with E-state index in [1.165, 1.54) is 6.92 Å². The second-order valence-corrected chi connectivity index (χ2v) is 6.98. The molecular formula is C13H19F2NO4. The summed E-state index contributed by atoms with van der Waals surface area (Å²) in [5, 5.41) is 9.33. The lowest BCUT2D eigenvalue weighted by molar-refractivity contribution is -0.148. The van der Waals surface area contributed by atoms with E-state index in [0.29, 0.717) is 0 Å². The van der Waals surface area contributed by atoms with Gasteiger partial charge in [0.05, 0.1) is 5.41 Å². The highest BCUT2D eigenvalue weighted by molar-refractivity contribution is 5.85. The van der Waals surface area contributed by atoms with Crippen LogP contribution in [0.4, 0.5) is 13.6 Å². The van der Waals surface area contributed by atoms with Gasteiger partial charge in [0.1, 0.15) is 11.1 Å². The van der Waals surface area contributed by atoms with Gasteiger partial charge in [-0.25, -0.2) is 18.4 Å². The molecule has 2 rings (SSSR count). The zero-order valence-corrected chi connectivity index (χ0v) is 12.0. The molecule has 2 aliphatic rings. The molecule has 2 fully saturated rings. The van der Waals surface area contributed by atoms with E-state index in [1.54, 1.807) is 20.8 Å². The van der Waals surface area contributed by atoms with Crippen LogP contribution in [0.15, 0.2) is 0 Å². The predicted octanol–water partition coefficient (Wildman–Crippen LogP) is 2.50. The smallest absolute Gasteiger partial charge is 0.411 e. The van der Waals surface area contributed by atoms with E-state index in [1.807, 2.05) is 0 Å². The van der Waals surface area contributed by atoms with Crippen LogP contribution >= 0.6 is 0 Å². The maximum Gasteiger partial charge on any atom is 0.411 e. The summed E-state index contributed by atoms with van der Waals surface area (Å²) in [5.41, 5.74) is -3.86.